The van der Waals surface area contributed by atoms with Crippen molar-refractivity contribution in [2.24, 2.45) is 7.05 Å². The fraction of sp³-hybridized carbons (Fsp3) is 0.500. The molecule has 0 spiro atoms. The number of carbonyl (C=O) groups excluding carboxylic acids is 1. The van der Waals surface area contributed by atoms with Crippen LogP contribution in [0.1, 0.15) is 63.6 Å². The summed E-state index contributed by atoms with van der Waals surface area (Å²) in [6.45, 7) is 8.74. The minimum Gasteiger partial charge on any atom is -0.444 e. The third-order valence-corrected chi connectivity index (χ3v) is 7.30. The van der Waals surface area contributed by atoms with Crippen LogP contribution in [0.4, 0.5) is 14.9 Å². The second-order valence-electron chi connectivity index (χ2n) is 11.7. The summed E-state index contributed by atoms with van der Waals surface area (Å²) in [5, 5.41) is 6.32. The number of benzene rings is 1. The lowest BCUT2D eigenvalue weighted by atomic mass is 9.86. The van der Waals surface area contributed by atoms with Crippen LogP contribution in [0.2, 0.25) is 0 Å². The van der Waals surface area contributed by atoms with E-state index in [1.165, 1.54) is 28.3 Å². The predicted octanol–water partition coefficient (Wildman–Crippen LogP) is 3.41. The molecule has 2 heterocycles. The summed E-state index contributed by atoms with van der Waals surface area (Å²) < 4.78 is 24.1. The van der Waals surface area contributed by atoms with Crippen LogP contribution in [0.5, 0.6) is 0 Å². The number of fused-ring (bicyclic) bond motifs is 1. The minimum absolute atomic E-state index is 0.0277. The maximum absolute atomic E-state index is 15.2. The van der Waals surface area contributed by atoms with Gasteiger partial charge in [0.2, 0.25) is 0 Å². The first-order chi connectivity index (χ1) is 18.3. The molecular weight excluding hydrogens is 505 g/mol. The molecule has 1 aromatic carbocycles. The molecule has 2 saturated carbocycles. The van der Waals surface area contributed by atoms with E-state index in [9.17, 15) is 19.2 Å². The Hall–Kier alpha value is -3.89. The number of pyridine rings is 1. The summed E-state index contributed by atoms with van der Waals surface area (Å²) in [7, 11) is 1.48. The molecule has 3 aromatic rings. The first-order valence-corrected chi connectivity index (χ1v) is 13.2. The van der Waals surface area contributed by atoms with Crippen LogP contribution < -0.4 is 27.4 Å². The van der Waals surface area contributed by atoms with Crippen LogP contribution in [0.3, 0.4) is 0 Å². The molecular formula is C28H34FN5O5. The number of hydrogen-bond acceptors (Lipinski definition) is 6. The average Bonchev–Trinajstić information content (AvgIpc) is 3.63. The van der Waals surface area contributed by atoms with Gasteiger partial charge in [-0.2, -0.15) is 0 Å². The standard InChI is InChI=1S/C28H34FN5O5/c1-14-7-10-20(19(29)11-14)34-23-21(25(36)33(27(34)38)18-8-9-18)22(15(2)24(35)32(23)6)30-16-12-17(13-16)31-26(37)39-28(3,4)5/h7,10-11,16-18,30H,8-9,12-13H2,1-6H3,(H,31,37). The number of rotatable bonds is 5. The largest absolute Gasteiger partial charge is 0.444 e. The second kappa shape index (κ2) is 9.39. The van der Waals surface area contributed by atoms with Gasteiger partial charge in [-0.15, -0.1) is 0 Å². The first kappa shape index (κ1) is 26.7. The monoisotopic (exact) mass is 539 g/mol. The molecule has 0 radical (unpaired) electrons. The molecule has 39 heavy (non-hydrogen) atoms. The fourth-order valence-electron chi connectivity index (χ4n) is 5.17. The number of carbonyl (C=O) groups is 1. The first-order valence-electron chi connectivity index (χ1n) is 13.2. The van der Waals surface area contributed by atoms with Gasteiger partial charge in [0.05, 0.1) is 11.4 Å². The van der Waals surface area contributed by atoms with Crippen molar-refractivity contribution in [1.29, 1.82) is 0 Å². The Bertz CT molecular complexity index is 1670. The van der Waals surface area contributed by atoms with Crippen molar-refractivity contribution < 1.29 is 13.9 Å². The van der Waals surface area contributed by atoms with E-state index in [1.807, 2.05) is 0 Å². The molecule has 0 atom stereocenters. The van der Waals surface area contributed by atoms with E-state index in [2.05, 4.69) is 10.6 Å². The number of nitrogens with one attached hydrogen (secondary N) is 2. The van der Waals surface area contributed by atoms with Gasteiger partial charge in [0.25, 0.3) is 11.1 Å². The van der Waals surface area contributed by atoms with Gasteiger partial charge in [0.15, 0.2) is 0 Å². The Labute approximate surface area is 224 Å². The van der Waals surface area contributed by atoms with Crippen molar-refractivity contribution in [3.05, 3.63) is 66.3 Å². The zero-order valence-electron chi connectivity index (χ0n) is 23.1. The summed E-state index contributed by atoms with van der Waals surface area (Å²) in [5.41, 5.74) is -0.867. The summed E-state index contributed by atoms with van der Waals surface area (Å²) >= 11 is 0. The Balaban J connectivity index is 1.61. The number of anilines is 1. The normalized spacial score (nSPS) is 19.1. The molecule has 1 amide bonds. The molecule has 11 heteroatoms. The molecule has 0 saturated heterocycles. The summed E-state index contributed by atoms with van der Waals surface area (Å²) in [4.78, 5) is 53.0. The third kappa shape index (κ3) is 4.86. The number of amides is 1. The van der Waals surface area contributed by atoms with Crippen molar-refractivity contribution in [3.8, 4) is 5.69 Å². The molecule has 0 aliphatic heterocycles. The lowest BCUT2D eigenvalue weighted by Crippen LogP contribution is -2.51. The Morgan fingerprint density at radius 2 is 1.72 bits per heavy atom. The average molecular weight is 540 g/mol. The minimum atomic E-state index is -0.673. The number of hydrogen-bond donors (Lipinski definition) is 2. The molecule has 2 N–H and O–H groups in total. The van der Waals surface area contributed by atoms with Gasteiger partial charge >= 0.3 is 11.8 Å². The highest BCUT2D eigenvalue weighted by atomic mass is 19.1. The van der Waals surface area contributed by atoms with Gasteiger partial charge in [0.1, 0.15) is 22.5 Å². The summed E-state index contributed by atoms with van der Waals surface area (Å²) in [6, 6.07) is 3.95. The number of nitrogens with zero attached hydrogens (tertiary/aromatic N) is 3. The molecule has 10 nitrogen and oxygen atoms in total. The van der Waals surface area contributed by atoms with Gasteiger partial charge in [-0.1, -0.05) is 6.07 Å². The zero-order chi connectivity index (χ0) is 28.4. The molecule has 2 aliphatic rings. The fourth-order valence-corrected chi connectivity index (χ4v) is 5.17. The van der Waals surface area contributed by atoms with Crippen LogP contribution in [0.15, 0.2) is 32.6 Å². The van der Waals surface area contributed by atoms with Crippen molar-refractivity contribution in [3.63, 3.8) is 0 Å². The van der Waals surface area contributed by atoms with E-state index in [0.717, 1.165) is 4.57 Å². The Morgan fingerprint density at radius 1 is 1.05 bits per heavy atom. The van der Waals surface area contributed by atoms with E-state index in [1.54, 1.807) is 40.7 Å². The lowest BCUT2D eigenvalue weighted by molar-refractivity contribution is 0.0475. The van der Waals surface area contributed by atoms with Crippen LogP contribution in [0, 0.1) is 19.7 Å². The van der Waals surface area contributed by atoms with Crippen molar-refractivity contribution in [2.75, 3.05) is 5.32 Å². The van der Waals surface area contributed by atoms with Gasteiger partial charge in [-0.3, -0.25) is 18.7 Å². The van der Waals surface area contributed by atoms with E-state index in [0.29, 0.717) is 42.5 Å². The number of halogens is 1. The molecule has 208 valence electrons. The van der Waals surface area contributed by atoms with Gasteiger partial charge in [-0.25, -0.2) is 18.5 Å². The lowest BCUT2D eigenvalue weighted by Gasteiger charge is -2.37. The second-order valence-corrected chi connectivity index (χ2v) is 11.7. The highest BCUT2D eigenvalue weighted by molar-refractivity contribution is 5.91. The highest BCUT2D eigenvalue weighted by Gasteiger charge is 2.35. The maximum atomic E-state index is 15.2. The Kier molecular flexibility index (Phi) is 6.43. The van der Waals surface area contributed by atoms with Crippen molar-refractivity contribution in [2.45, 2.75) is 84.0 Å². The number of alkyl carbamates (subject to hydrolysis) is 1. The van der Waals surface area contributed by atoms with Crippen LogP contribution in [-0.2, 0) is 11.8 Å². The smallest absolute Gasteiger partial charge is 0.407 e. The molecule has 2 aromatic heterocycles. The number of ether oxygens (including phenoxy) is 1. The number of aromatic nitrogens is 3. The van der Waals surface area contributed by atoms with E-state index < -0.39 is 34.3 Å². The number of aryl methyl sites for hydroxylation is 2. The van der Waals surface area contributed by atoms with E-state index in [4.69, 9.17) is 4.74 Å². The molecule has 0 unspecified atom stereocenters. The van der Waals surface area contributed by atoms with Gasteiger partial charge in [-0.05, 0) is 78.0 Å². The predicted molar refractivity (Wildman–Crippen MR) is 147 cm³/mol. The maximum Gasteiger partial charge on any atom is 0.407 e. The topological polar surface area (TPSA) is 116 Å². The molecule has 5 rings (SSSR count). The summed E-state index contributed by atoms with van der Waals surface area (Å²) in [5.74, 6) is -0.628. The summed E-state index contributed by atoms with van der Waals surface area (Å²) in [6.07, 6.45) is 1.95. The zero-order valence-corrected chi connectivity index (χ0v) is 23.1. The van der Waals surface area contributed by atoms with Crippen molar-refractivity contribution in [1.82, 2.24) is 19.0 Å². The van der Waals surface area contributed by atoms with E-state index >= 15 is 4.39 Å². The van der Waals surface area contributed by atoms with Crippen LogP contribution in [0.25, 0.3) is 16.7 Å². The third-order valence-electron chi connectivity index (χ3n) is 7.30. The van der Waals surface area contributed by atoms with E-state index in [-0.39, 0.29) is 34.8 Å². The Morgan fingerprint density at radius 3 is 2.31 bits per heavy atom. The molecule has 0 bridgehead atoms. The van der Waals surface area contributed by atoms with Crippen LogP contribution >= 0.6 is 0 Å². The SMILES string of the molecule is Cc1ccc(-n2c(=O)n(C3CC3)c(=O)c3c(NC4CC(NC(=O)OC(C)(C)C)C4)c(C)c(=O)n(C)c32)c(F)c1. The quantitative estimate of drug-likeness (QED) is 0.513. The van der Waals surface area contributed by atoms with Crippen molar-refractivity contribution >= 4 is 22.8 Å². The highest BCUT2D eigenvalue weighted by Crippen LogP contribution is 2.34. The molecule has 2 aliphatic carbocycles. The van der Waals surface area contributed by atoms with Gasteiger partial charge in [0, 0.05) is 30.7 Å². The van der Waals surface area contributed by atoms with Crippen LogP contribution in [-0.4, -0.2) is 37.5 Å². The van der Waals surface area contributed by atoms with Gasteiger partial charge < -0.3 is 15.4 Å². The molecule has 2 fully saturated rings.